The van der Waals surface area contributed by atoms with Crippen molar-refractivity contribution in [3.05, 3.63) is 35.5 Å². The number of hydrogen-bond donors (Lipinski definition) is 1. The molecule has 2 aromatic heterocycles. The summed E-state index contributed by atoms with van der Waals surface area (Å²) in [5.41, 5.74) is 4.57. The van der Waals surface area contributed by atoms with E-state index in [-0.39, 0.29) is 0 Å². The van der Waals surface area contributed by atoms with Gasteiger partial charge in [-0.3, -0.25) is 0 Å². The Morgan fingerprint density at radius 3 is 2.29 bits per heavy atom. The quantitative estimate of drug-likeness (QED) is 0.848. The van der Waals surface area contributed by atoms with Gasteiger partial charge in [-0.2, -0.15) is 0 Å². The van der Waals surface area contributed by atoms with E-state index in [2.05, 4.69) is 33.0 Å². The van der Waals surface area contributed by atoms with Crippen molar-refractivity contribution in [3.63, 3.8) is 0 Å². The zero-order valence-corrected chi connectivity index (χ0v) is 13.4. The second-order valence-corrected chi connectivity index (χ2v) is 5.50. The van der Waals surface area contributed by atoms with Crippen molar-refractivity contribution < 1.29 is 4.42 Å². The third-order valence-corrected chi connectivity index (χ3v) is 3.56. The molecule has 0 unspecified atom stereocenters. The molecule has 0 bridgehead atoms. The van der Waals surface area contributed by atoms with Gasteiger partial charge in [0, 0.05) is 17.4 Å². The smallest absolute Gasteiger partial charge is 0.162 e. The highest BCUT2D eigenvalue weighted by atomic mass is 16.3. The van der Waals surface area contributed by atoms with E-state index in [1.165, 1.54) is 5.56 Å². The van der Waals surface area contributed by atoms with Crippen LogP contribution in [-0.2, 0) is 19.3 Å². The van der Waals surface area contributed by atoms with Gasteiger partial charge in [0.15, 0.2) is 5.82 Å². The minimum absolute atomic E-state index is 0.506. The Morgan fingerprint density at radius 2 is 1.81 bits per heavy atom. The normalized spacial score (nSPS) is 11.3. The Bertz CT molecular complexity index is 536. The number of rotatable bonds is 7. The van der Waals surface area contributed by atoms with Crippen LogP contribution in [0.5, 0.6) is 0 Å². The first-order valence-corrected chi connectivity index (χ1v) is 7.80. The first-order chi connectivity index (χ1) is 10.2. The molecule has 0 spiro atoms. The van der Waals surface area contributed by atoms with Gasteiger partial charge in [-0.25, -0.2) is 9.97 Å². The van der Waals surface area contributed by atoms with Gasteiger partial charge < -0.3 is 9.73 Å². The number of nitrogens with one attached hydrogen (secondary N) is 1. The van der Waals surface area contributed by atoms with Gasteiger partial charge in [-0.05, 0) is 37.4 Å². The van der Waals surface area contributed by atoms with Crippen LogP contribution >= 0.6 is 0 Å². The lowest BCUT2D eigenvalue weighted by Crippen LogP contribution is -2.26. The van der Waals surface area contributed by atoms with Gasteiger partial charge >= 0.3 is 0 Å². The molecule has 0 radical (unpaired) electrons. The van der Waals surface area contributed by atoms with Crippen LogP contribution in [0.15, 0.2) is 23.0 Å². The molecule has 1 N–H and O–H groups in total. The molecule has 4 nitrogen and oxygen atoms in total. The first-order valence-electron chi connectivity index (χ1n) is 7.80. The monoisotopic (exact) mass is 287 g/mol. The lowest BCUT2D eigenvalue weighted by molar-refractivity contribution is 0.567. The highest BCUT2D eigenvalue weighted by molar-refractivity contribution is 5.53. The molecule has 114 valence electrons. The van der Waals surface area contributed by atoms with Crippen LogP contribution in [0, 0.1) is 0 Å². The molecule has 0 fully saturated rings. The van der Waals surface area contributed by atoms with Gasteiger partial charge in [-0.1, -0.05) is 27.7 Å². The maximum Gasteiger partial charge on any atom is 0.162 e. The zero-order chi connectivity index (χ0) is 15.2. The Balaban J connectivity index is 2.31. The zero-order valence-electron chi connectivity index (χ0n) is 13.4. The average Bonchev–Trinajstić information content (AvgIpc) is 3.00. The summed E-state index contributed by atoms with van der Waals surface area (Å²) in [5.74, 6) is 0.776. The van der Waals surface area contributed by atoms with Crippen molar-refractivity contribution in [1.82, 2.24) is 15.3 Å². The fraction of sp³-hybridized carbons (Fsp3) is 0.529. The Morgan fingerprint density at radius 1 is 1.14 bits per heavy atom. The summed E-state index contributed by atoms with van der Waals surface area (Å²) in [4.78, 5) is 9.48. The number of aryl methyl sites for hydroxylation is 2. The Kier molecular flexibility index (Phi) is 5.51. The van der Waals surface area contributed by atoms with Crippen molar-refractivity contribution in [1.29, 1.82) is 0 Å². The predicted molar refractivity (Wildman–Crippen MR) is 85.3 cm³/mol. The third-order valence-electron chi connectivity index (χ3n) is 3.56. The summed E-state index contributed by atoms with van der Waals surface area (Å²) in [6.07, 6.45) is 6.20. The lowest BCUT2D eigenvalue weighted by atomic mass is 10.0. The number of aromatic nitrogens is 2. The first kappa shape index (κ1) is 15.7. The molecular formula is C17H25N3O. The molecule has 2 rings (SSSR count). The van der Waals surface area contributed by atoms with Crippen LogP contribution in [0.1, 0.15) is 44.6 Å². The average molecular weight is 287 g/mol. The minimum Gasteiger partial charge on any atom is -0.472 e. The molecule has 0 aliphatic rings. The van der Waals surface area contributed by atoms with Crippen LogP contribution in [0.2, 0.25) is 0 Å². The molecule has 21 heavy (non-hydrogen) atoms. The van der Waals surface area contributed by atoms with E-state index in [1.54, 1.807) is 12.5 Å². The molecule has 0 aromatic carbocycles. The second-order valence-electron chi connectivity index (χ2n) is 5.50. The molecule has 0 amide bonds. The lowest BCUT2D eigenvalue weighted by Gasteiger charge is -2.15. The van der Waals surface area contributed by atoms with E-state index in [1.807, 2.05) is 6.07 Å². The molecule has 0 saturated heterocycles. The van der Waals surface area contributed by atoms with Crippen LogP contribution in [-0.4, -0.2) is 22.6 Å². The van der Waals surface area contributed by atoms with E-state index >= 15 is 0 Å². The van der Waals surface area contributed by atoms with E-state index in [9.17, 15) is 0 Å². The van der Waals surface area contributed by atoms with Gasteiger partial charge in [0.1, 0.15) is 6.26 Å². The van der Waals surface area contributed by atoms with E-state index in [0.717, 1.165) is 48.6 Å². The van der Waals surface area contributed by atoms with Crippen molar-refractivity contribution >= 4 is 0 Å². The van der Waals surface area contributed by atoms with Gasteiger partial charge in [0.05, 0.1) is 11.8 Å². The largest absolute Gasteiger partial charge is 0.472 e. The maximum absolute atomic E-state index is 5.15. The SMILES string of the molecule is CCc1nc(-c2ccoc2)nc(CC)c1CCNC(C)C. The summed E-state index contributed by atoms with van der Waals surface area (Å²) in [6.45, 7) is 9.60. The summed E-state index contributed by atoms with van der Waals surface area (Å²) < 4.78 is 5.15. The highest BCUT2D eigenvalue weighted by Crippen LogP contribution is 2.21. The van der Waals surface area contributed by atoms with E-state index in [4.69, 9.17) is 14.4 Å². The van der Waals surface area contributed by atoms with Crippen LogP contribution in [0.25, 0.3) is 11.4 Å². The van der Waals surface area contributed by atoms with Gasteiger partial charge in [-0.15, -0.1) is 0 Å². The summed E-state index contributed by atoms with van der Waals surface area (Å²) in [6, 6.07) is 2.42. The highest BCUT2D eigenvalue weighted by Gasteiger charge is 2.13. The Labute approximate surface area is 127 Å². The number of furan rings is 1. The Hall–Kier alpha value is -1.68. The number of nitrogens with zero attached hydrogens (tertiary/aromatic N) is 2. The molecule has 0 aliphatic heterocycles. The maximum atomic E-state index is 5.15. The van der Waals surface area contributed by atoms with Gasteiger partial charge in [0.25, 0.3) is 0 Å². The molecule has 2 heterocycles. The fourth-order valence-electron chi connectivity index (χ4n) is 2.46. The predicted octanol–water partition coefficient (Wildman–Crippen LogP) is 3.40. The van der Waals surface area contributed by atoms with Crippen molar-refractivity contribution in [2.24, 2.45) is 0 Å². The summed E-state index contributed by atoms with van der Waals surface area (Å²) >= 11 is 0. The molecule has 2 aromatic rings. The molecule has 0 aliphatic carbocycles. The number of hydrogen-bond acceptors (Lipinski definition) is 4. The van der Waals surface area contributed by atoms with E-state index in [0.29, 0.717) is 6.04 Å². The van der Waals surface area contributed by atoms with Crippen molar-refractivity contribution in [2.45, 2.75) is 53.0 Å². The van der Waals surface area contributed by atoms with E-state index < -0.39 is 0 Å². The van der Waals surface area contributed by atoms with Crippen molar-refractivity contribution in [2.75, 3.05) is 6.54 Å². The molecule has 4 heteroatoms. The van der Waals surface area contributed by atoms with Crippen LogP contribution in [0.4, 0.5) is 0 Å². The fourth-order valence-corrected chi connectivity index (χ4v) is 2.46. The third kappa shape index (κ3) is 3.91. The standard InChI is InChI=1S/C17H25N3O/c1-5-15-14(7-9-18-12(3)4)16(6-2)20-17(19-15)13-8-10-21-11-13/h8,10-12,18H,5-7,9H2,1-4H3. The van der Waals surface area contributed by atoms with Gasteiger partial charge in [0.2, 0.25) is 0 Å². The summed E-state index contributed by atoms with van der Waals surface area (Å²) in [7, 11) is 0. The molecular weight excluding hydrogens is 262 g/mol. The van der Waals surface area contributed by atoms with Crippen LogP contribution < -0.4 is 5.32 Å². The topological polar surface area (TPSA) is 51.0 Å². The van der Waals surface area contributed by atoms with Crippen molar-refractivity contribution in [3.8, 4) is 11.4 Å². The summed E-state index contributed by atoms with van der Waals surface area (Å²) in [5, 5.41) is 3.47. The second kappa shape index (κ2) is 7.36. The molecule has 0 saturated carbocycles. The van der Waals surface area contributed by atoms with Crippen LogP contribution in [0.3, 0.4) is 0 Å². The minimum atomic E-state index is 0.506. The molecule has 0 atom stereocenters.